The molecule has 0 saturated carbocycles. The number of aryl methyl sites for hydroxylation is 2. The van der Waals surface area contributed by atoms with E-state index in [-0.39, 0.29) is 5.75 Å². The summed E-state index contributed by atoms with van der Waals surface area (Å²) in [5.41, 5.74) is 1.00. The molecule has 0 atom stereocenters. The zero-order valence-electron chi connectivity index (χ0n) is 10.8. The van der Waals surface area contributed by atoms with Gasteiger partial charge in [-0.05, 0) is 12.1 Å². The number of thiazole rings is 1. The lowest BCUT2D eigenvalue weighted by Gasteiger charge is -2.04. The van der Waals surface area contributed by atoms with Gasteiger partial charge in [-0.1, -0.05) is 11.3 Å². The highest BCUT2D eigenvalue weighted by atomic mass is 32.2. The van der Waals surface area contributed by atoms with Crippen molar-refractivity contribution in [2.24, 2.45) is 0 Å². The van der Waals surface area contributed by atoms with Crippen LogP contribution in [0, 0.1) is 6.92 Å². The lowest BCUT2D eigenvalue weighted by molar-refractivity contribution is -0.672. The minimum atomic E-state index is -4.14. The molecule has 0 N–H and O–H groups in total. The van der Waals surface area contributed by atoms with Crippen LogP contribution in [0.15, 0.2) is 18.2 Å². The van der Waals surface area contributed by atoms with Crippen LogP contribution in [0.1, 0.15) is 11.4 Å². The molecule has 0 unspecified atom stereocenters. The zero-order valence-corrected chi connectivity index (χ0v) is 12.4. The second-order valence-electron chi connectivity index (χ2n) is 4.22. The molecule has 0 aliphatic carbocycles. The van der Waals surface area contributed by atoms with Crippen molar-refractivity contribution in [2.75, 3.05) is 12.9 Å². The first-order valence-electron chi connectivity index (χ1n) is 5.81. The molecule has 19 heavy (non-hydrogen) atoms. The fraction of sp³-hybridized carbons (Fsp3) is 0.417. The molecule has 0 fully saturated rings. The van der Waals surface area contributed by atoms with Gasteiger partial charge in [-0.25, -0.2) is 8.42 Å². The predicted molar refractivity (Wildman–Crippen MR) is 72.5 cm³/mol. The number of nitrogens with zero attached hydrogens (tertiary/aromatic N) is 1. The Labute approximate surface area is 116 Å². The summed E-state index contributed by atoms with van der Waals surface area (Å²) in [6, 6.07) is 5.79. The van der Waals surface area contributed by atoms with Gasteiger partial charge < -0.3 is 9.29 Å². The number of hydrogen-bond donors (Lipinski definition) is 0. The predicted octanol–water partition coefficient (Wildman–Crippen LogP) is 1.44. The average molecular weight is 301 g/mol. The summed E-state index contributed by atoms with van der Waals surface area (Å²) < 4.78 is 40.2. The Morgan fingerprint density at radius 1 is 1.42 bits per heavy atom. The van der Waals surface area contributed by atoms with Gasteiger partial charge in [0.15, 0.2) is 6.54 Å². The number of hydrogen-bond acceptors (Lipinski definition) is 5. The van der Waals surface area contributed by atoms with Crippen molar-refractivity contribution in [3.05, 3.63) is 23.2 Å². The van der Waals surface area contributed by atoms with Gasteiger partial charge in [0.05, 0.1) is 23.3 Å². The van der Waals surface area contributed by atoms with E-state index in [0.29, 0.717) is 13.0 Å². The first-order valence-corrected chi connectivity index (χ1v) is 8.20. The van der Waals surface area contributed by atoms with Crippen molar-refractivity contribution in [3.8, 4) is 5.75 Å². The number of ether oxygens (including phenoxy) is 1. The minimum absolute atomic E-state index is 0.320. The summed E-state index contributed by atoms with van der Waals surface area (Å²) in [6.07, 6.45) is 0.320. The highest BCUT2D eigenvalue weighted by molar-refractivity contribution is 7.85. The average Bonchev–Trinajstić information content (AvgIpc) is 2.63. The van der Waals surface area contributed by atoms with Crippen LogP contribution in [0.4, 0.5) is 0 Å². The smallest absolute Gasteiger partial charge is 0.235 e. The van der Waals surface area contributed by atoms with E-state index >= 15 is 0 Å². The molecule has 0 radical (unpaired) electrons. The molecule has 0 amide bonds. The Bertz CT molecular complexity index is 691. The van der Waals surface area contributed by atoms with Crippen LogP contribution >= 0.6 is 11.3 Å². The third-order valence-corrected chi connectivity index (χ3v) is 4.74. The molecule has 0 aliphatic rings. The maximum atomic E-state index is 10.6. The van der Waals surface area contributed by atoms with Crippen LogP contribution in [0.25, 0.3) is 10.2 Å². The van der Waals surface area contributed by atoms with Crippen molar-refractivity contribution in [3.63, 3.8) is 0 Å². The molecule has 2 aromatic rings. The lowest BCUT2D eigenvalue weighted by Crippen LogP contribution is -2.35. The van der Waals surface area contributed by atoms with E-state index in [1.807, 2.05) is 29.7 Å². The molecule has 0 spiro atoms. The number of rotatable bonds is 5. The van der Waals surface area contributed by atoms with E-state index in [4.69, 9.17) is 4.74 Å². The Balaban J connectivity index is 2.28. The number of benzene rings is 1. The van der Waals surface area contributed by atoms with Gasteiger partial charge in [-0.2, -0.15) is 4.57 Å². The van der Waals surface area contributed by atoms with Crippen LogP contribution in [0.5, 0.6) is 5.75 Å². The standard InChI is InChI=1S/C12H15NO4S2/c1-9-13(6-3-7-19(14,15)16)11-8-10(17-2)4-5-12(11)18-9/h4-5,8H,3,6-7H2,1-2H3. The highest BCUT2D eigenvalue weighted by Gasteiger charge is 2.17. The maximum Gasteiger partial charge on any atom is 0.235 e. The molecule has 104 valence electrons. The van der Waals surface area contributed by atoms with Gasteiger partial charge in [-0.3, -0.25) is 0 Å². The van der Waals surface area contributed by atoms with E-state index < -0.39 is 10.1 Å². The van der Waals surface area contributed by atoms with Crippen LogP contribution in [-0.2, 0) is 16.7 Å². The fourth-order valence-corrected chi connectivity index (χ4v) is 3.49. The Morgan fingerprint density at radius 3 is 2.79 bits per heavy atom. The quantitative estimate of drug-likeness (QED) is 0.619. The van der Waals surface area contributed by atoms with E-state index in [0.717, 1.165) is 21.0 Å². The molecular weight excluding hydrogens is 286 g/mol. The van der Waals surface area contributed by atoms with Gasteiger partial charge in [0, 0.05) is 19.1 Å². The second-order valence-corrected chi connectivity index (χ2v) is 6.98. The summed E-state index contributed by atoms with van der Waals surface area (Å²) in [5, 5.41) is 1.08. The maximum absolute atomic E-state index is 10.6. The van der Waals surface area contributed by atoms with Crippen molar-refractivity contribution in [1.29, 1.82) is 0 Å². The van der Waals surface area contributed by atoms with E-state index in [9.17, 15) is 13.0 Å². The number of fused-ring (bicyclic) bond motifs is 1. The first-order chi connectivity index (χ1) is 8.90. The van der Waals surface area contributed by atoms with Crippen molar-refractivity contribution >= 4 is 31.7 Å². The molecule has 2 rings (SSSR count). The Kier molecular flexibility index (Phi) is 4.07. The molecule has 1 heterocycles. The summed E-state index contributed by atoms with van der Waals surface area (Å²) >= 11 is 1.64. The molecule has 0 aliphatic heterocycles. The Hall–Kier alpha value is -1.18. The monoisotopic (exact) mass is 301 g/mol. The normalized spacial score (nSPS) is 11.9. The van der Waals surface area contributed by atoms with Gasteiger partial charge in [0.2, 0.25) is 10.5 Å². The van der Waals surface area contributed by atoms with Gasteiger partial charge in [0.25, 0.3) is 0 Å². The van der Waals surface area contributed by atoms with E-state index in [2.05, 4.69) is 0 Å². The lowest BCUT2D eigenvalue weighted by atomic mass is 10.3. The molecule has 1 aromatic heterocycles. The summed E-state index contributed by atoms with van der Waals surface area (Å²) in [7, 11) is -2.54. The summed E-state index contributed by atoms with van der Waals surface area (Å²) in [5.74, 6) is 0.427. The molecule has 0 bridgehead atoms. The van der Waals surface area contributed by atoms with Crippen LogP contribution in [-0.4, -0.2) is 25.8 Å². The van der Waals surface area contributed by atoms with Crippen molar-refractivity contribution in [1.82, 2.24) is 0 Å². The van der Waals surface area contributed by atoms with E-state index in [1.54, 1.807) is 18.4 Å². The first kappa shape index (κ1) is 14.2. The van der Waals surface area contributed by atoms with Crippen LogP contribution in [0.3, 0.4) is 0 Å². The van der Waals surface area contributed by atoms with Gasteiger partial charge in [-0.15, -0.1) is 0 Å². The third kappa shape index (κ3) is 3.43. The topological polar surface area (TPSA) is 70.3 Å². The molecule has 0 saturated heterocycles. The molecule has 1 aromatic carbocycles. The number of methoxy groups -OCH3 is 1. The molecule has 5 nitrogen and oxygen atoms in total. The Morgan fingerprint density at radius 2 is 2.16 bits per heavy atom. The SMILES string of the molecule is COc1ccc2sc(C)[n+](CCCS(=O)(=O)[O-])c2c1. The van der Waals surface area contributed by atoms with Gasteiger partial charge >= 0.3 is 0 Å². The van der Waals surface area contributed by atoms with Crippen LogP contribution in [0.2, 0.25) is 0 Å². The summed E-state index contributed by atoms with van der Waals surface area (Å²) in [6.45, 7) is 2.49. The van der Waals surface area contributed by atoms with Gasteiger partial charge in [0.1, 0.15) is 10.4 Å². The van der Waals surface area contributed by atoms with Crippen molar-refractivity contribution < 1.29 is 22.3 Å². The fourth-order valence-electron chi connectivity index (χ4n) is 1.98. The van der Waals surface area contributed by atoms with Crippen LogP contribution < -0.4 is 9.30 Å². The van der Waals surface area contributed by atoms with Crippen molar-refractivity contribution in [2.45, 2.75) is 19.9 Å². The number of aromatic nitrogens is 1. The summed E-state index contributed by atoms with van der Waals surface area (Å²) in [4.78, 5) is 0. The molecular formula is C12H15NO4S2. The largest absolute Gasteiger partial charge is 0.748 e. The minimum Gasteiger partial charge on any atom is -0.748 e. The zero-order chi connectivity index (χ0) is 14.0. The third-order valence-electron chi connectivity index (χ3n) is 2.87. The van der Waals surface area contributed by atoms with E-state index in [1.165, 1.54) is 0 Å². The highest BCUT2D eigenvalue weighted by Crippen LogP contribution is 2.24. The molecule has 7 heteroatoms. The second kappa shape index (κ2) is 5.44.